The van der Waals surface area contributed by atoms with Gasteiger partial charge in [-0.3, -0.25) is 0 Å². The van der Waals surface area contributed by atoms with Gasteiger partial charge < -0.3 is 0 Å². The van der Waals surface area contributed by atoms with Crippen molar-refractivity contribution in [1.29, 1.82) is 0 Å². The molecule has 2 nitrogen and oxygen atoms in total. The van der Waals surface area contributed by atoms with Crippen molar-refractivity contribution in [3.63, 3.8) is 0 Å². The van der Waals surface area contributed by atoms with Crippen LogP contribution in [0.4, 0.5) is 13.2 Å². The zero-order valence-electron chi connectivity index (χ0n) is 13.5. The van der Waals surface area contributed by atoms with E-state index in [2.05, 4.69) is 5.73 Å². The van der Waals surface area contributed by atoms with Crippen LogP contribution in [0.5, 0.6) is 0 Å². The lowest BCUT2D eigenvalue weighted by atomic mass is 10.2. The molecular weight excluding hydrogens is 369 g/mol. The molecule has 0 aliphatic heterocycles. The van der Waals surface area contributed by atoms with E-state index in [0.717, 1.165) is 5.56 Å². The summed E-state index contributed by atoms with van der Waals surface area (Å²) in [4.78, 5) is -0.541. The molecule has 25 heavy (non-hydrogen) atoms. The number of rotatable bonds is 4. The summed E-state index contributed by atoms with van der Waals surface area (Å²) in [5.74, 6) is 0. The van der Waals surface area contributed by atoms with Crippen LogP contribution in [0.2, 0.25) is 0 Å². The summed E-state index contributed by atoms with van der Waals surface area (Å²) >= 11 is -0.383. The Kier molecular flexibility index (Phi) is 5.83. The third kappa shape index (κ3) is 5.26. The van der Waals surface area contributed by atoms with E-state index in [4.69, 9.17) is 0 Å². The Hall–Kier alpha value is -1.95. The lowest BCUT2D eigenvalue weighted by Crippen LogP contribution is -2.03. The molecule has 132 valence electrons. The Morgan fingerprint density at radius 3 is 2.08 bits per heavy atom. The zero-order chi connectivity index (χ0) is 18.7. The summed E-state index contributed by atoms with van der Waals surface area (Å²) in [6, 6.07) is 13.9. The highest BCUT2D eigenvalue weighted by atomic mass is 32.2. The van der Waals surface area contributed by atoms with Gasteiger partial charge in [-0.15, -0.1) is 0 Å². The van der Waals surface area contributed by atoms with Gasteiger partial charge in [-0.1, -0.05) is 53.8 Å². The normalized spacial score (nSPS) is 11.7. The number of hydrogen-bond donors (Lipinski definition) is 0. The average Bonchev–Trinajstić information content (AvgIpc) is 2.54. The molecule has 0 heterocycles. The minimum Gasteiger partial charge on any atom is -0.218 e. The molecule has 0 aliphatic rings. The number of alkyl halides is 3. The molecule has 0 fully saturated rings. The molecule has 0 bridgehead atoms. The van der Waals surface area contributed by atoms with E-state index in [1.54, 1.807) is 30.3 Å². The molecule has 0 unspecified atom stereocenters. The molecule has 7 heteroatoms. The summed E-state index contributed by atoms with van der Waals surface area (Å²) in [6.45, 7) is 3.06. The smallest absolute Gasteiger partial charge is 0.218 e. The number of hydrogen-bond acceptors (Lipinski definition) is 3. The van der Waals surface area contributed by atoms with Crippen LogP contribution in [0.1, 0.15) is 18.1 Å². The van der Waals surface area contributed by atoms with Gasteiger partial charge in [0.25, 0.3) is 0 Å². The molecule has 2 aromatic carbocycles. The van der Waals surface area contributed by atoms with Gasteiger partial charge in [-0.05, 0) is 43.3 Å². The van der Waals surface area contributed by atoms with Crippen molar-refractivity contribution in [3.8, 4) is 0 Å². The van der Waals surface area contributed by atoms with E-state index in [0.29, 0.717) is 0 Å². The van der Waals surface area contributed by atoms with Gasteiger partial charge >= 0.3 is 5.51 Å². The summed E-state index contributed by atoms with van der Waals surface area (Å²) in [6.07, 6.45) is 0. The maximum atomic E-state index is 12.8. The van der Waals surface area contributed by atoms with E-state index >= 15 is 0 Å². The third-order valence-corrected chi connectivity index (χ3v) is 5.85. The molecule has 0 N–H and O–H groups in total. The van der Waals surface area contributed by atoms with E-state index < -0.39 is 15.3 Å². The van der Waals surface area contributed by atoms with Gasteiger partial charge in [0, 0.05) is 0 Å². The summed E-state index contributed by atoms with van der Waals surface area (Å²) in [5.41, 5.74) is -0.982. The minimum absolute atomic E-state index is 0.0209. The highest BCUT2D eigenvalue weighted by molar-refractivity contribution is 8.09. The van der Waals surface area contributed by atoms with Gasteiger partial charge in [0.05, 0.1) is 14.7 Å². The van der Waals surface area contributed by atoms with Gasteiger partial charge in [0.15, 0.2) is 0 Å². The monoisotopic (exact) mass is 384 g/mol. The highest BCUT2D eigenvalue weighted by Crippen LogP contribution is 2.41. The zero-order valence-corrected chi connectivity index (χ0v) is 15.1. The fourth-order valence-corrected chi connectivity index (χ4v) is 3.82. The predicted octanol–water partition coefficient (Wildman–Crippen LogP) is 5.57. The molecule has 0 saturated heterocycles. The molecule has 0 spiro atoms. The average molecular weight is 384 g/mol. The summed E-state index contributed by atoms with van der Waals surface area (Å²) < 4.78 is 63.7. The van der Waals surface area contributed by atoms with Crippen molar-refractivity contribution in [2.24, 2.45) is 0 Å². The number of benzene rings is 2. The molecule has 0 saturated carbocycles. The molecular formula is C18H15F3O2S2. The summed E-state index contributed by atoms with van der Waals surface area (Å²) in [5, 5.41) is 0. The second-order valence-corrected chi connectivity index (χ2v) is 8.41. The molecule has 2 rings (SSSR count). The van der Waals surface area contributed by atoms with Crippen molar-refractivity contribution < 1.29 is 21.6 Å². The fourth-order valence-electron chi connectivity index (χ4n) is 1.98. The van der Waals surface area contributed by atoms with Gasteiger partial charge in [-0.25, -0.2) is 8.42 Å². The molecule has 0 atom stereocenters. The van der Waals surface area contributed by atoms with Crippen molar-refractivity contribution in [3.05, 3.63) is 76.4 Å². The number of thioether (sulfide) groups is 1. The number of halogens is 3. The Labute approximate surface area is 149 Å². The quantitative estimate of drug-likeness (QED) is 0.647. The lowest BCUT2D eigenvalue weighted by molar-refractivity contribution is -0.0317. The topological polar surface area (TPSA) is 34.1 Å². The first-order chi connectivity index (χ1) is 11.6. The van der Waals surface area contributed by atoms with Gasteiger partial charge in [0.1, 0.15) is 0 Å². The van der Waals surface area contributed by atoms with Crippen LogP contribution in [0.15, 0.2) is 70.1 Å². The number of sulfone groups is 1. The van der Waals surface area contributed by atoms with Crippen molar-refractivity contribution in [2.75, 3.05) is 0 Å². The molecule has 0 aliphatic carbocycles. The number of allylic oxidation sites excluding steroid dienone is 1. The largest absolute Gasteiger partial charge is 0.447 e. The SMILES string of the molecule is CC(=C=C(SC(F)(F)F)c1ccccc1)S(=O)(=O)c1ccc(C)cc1. The number of aryl methyl sites for hydroxylation is 1. The van der Waals surface area contributed by atoms with Crippen molar-refractivity contribution in [1.82, 2.24) is 0 Å². The van der Waals surface area contributed by atoms with E-state index in [-0.39, 0.29) is 32.0 Å². The van der Waals surface area contributed by atoms with Crippen molar-refractivity contribution >= 4 is 26.5 Å². The van der Waals surface area contributed by atoms with Crippen LogP contribution in [-0.4, -0.2) is 13.9 Å². The molecule has 0 radical (unpaired) electrons. The second-order valence-electron chi connectivity index (χ2n) is 5.24. The van der Waals surface area contributed by atoms with Gasteiger partial charge in [-0.2, -0.15) is 13.2 Å². The summed E-state index contributed by atoms with van der Waals surface area (Å²) in [7, 11) is -3.91. The van der Waals surface area contributed by atoms with E-state index in [1.807, 2.05) is 6.92 Å². The fraction of sp³-hybridized carbons (Fsp3) is 0.167. The first-order valence-corrected chi connectivity index (χ1v) is 9.50. The standard InChI is InChI=1S/C18H15F3O2S2/c1-13-8-10-16(11-9-13)25(22,23)14(2)12-17(24-18(19,20)21)15-6-4-3-5-7-15/h3-11H,1-2H3. The van der Waals surface area contributed by atoms with Gasteiger partial charge in [0.2, 0.25) is 9.84 Å². The molecule has 0 amide bonds. The first kappa shape index (κ1) is 19.4. The van der Waals surface area contributed by atoms with Crippen LogP contribution in [0, 0.1) is 6.92 Å². The van der Waals surface area contributed by atoms with E-state index in [1.165, 1.54) is 31.2 Å². The Morgan fingerprint density at radius 2 is 1.56 bits per heavy atom. The minimum atomic E-state index is -4.55. The highest BCUT2D eigenvalue weighted by Gasteiger charge is 2.31. The lowest BCUT2D eigenvalue weighted by Gasteiger charge is -2.09. The molecule has 2 aromatic rings. The van der Waals surface area contributed by atoms with Crippen LogP contribution < -0.4 is 0 Å². The predicted molar refractivity (Wildman–Crippen MR) is 94.6 cm³/mol. The van der Waals surface area contributed by atoms with Crippen LogP contribution in [-0.2, 0) is 9.84 Å². The van der Waals surface area contributed by atoms with Crippen LogP contribution in [0.25, 0.3) is 4.91 Å². The first-order valence-electron chi connectivity index (χ1n) is 7.20. The Balaban J connectivity index is 2.60. The van der Waals surface area contributed by atoms with Crippen LogP contribution >= 0.6 is 11.8 Å². The Morgan fingerprint density at radius 1 is 1.00 bits per heavy atom. The second kappa shape index (κ2) is 7.52. The maximum Gasteiger partial charge on any atom is 0.447 e. The maximum absolute atomic E-state index is 12.8. The third-order valence-electron chi connectivity index (χ3n) is 3.28. The van der Waals surface area contributed by atoms with Crippen LogP contribution in [0.3, 0.4) is 0 Å². The van der Waals surface area contributed by atoms with Crippen molar-refractivity contribution in [2.45, 2.75) is 24.3 Å². The molecule has 0 aromatic heterocycles. The Bertz CT molecular complexity index is 907. The van der Waals surface area contributed by atoms with E-state index in [9.17, 15) is 21.6 Å².